The van der Waals surface area contributed by atoms with Gasteiger partial charge in [-0.3, -0.25) is 0 Å². The zero-order valence-electron chi connectivity index (χ0n) is 8.46. The van der Waals surface area contributed by atoms with Gasteiger partial charge in [0.2, 0.25) is 0 Å². The molecule has 0 aliphatic rings. The highest BCUT2D eigenvalue weighted by Gasteiger charge is 1.95. The molecule has 0 saturated heterocycles. The fraction of sp³-hybridized carbons (Fsp3) is 0.231. The van der Waals surface area contributed by atoms with Crippen molar-refractivity contribution in [1.29, 1.82) is 0 Å². The molecule has 0 atom stereocenters. The van der Waals surface area contributed by atoms with Gasteiger partial charge in [-0.05, 0) is 65.6 Å². The van der Waals surface area contributed by atoms with Crippen LogP contribution < -0.4 is 0 Å². The Balaban J connectivity index is 2.73. The van der Waals surface area contributed by atoms with Gasteiger partial charge in [-0.15, -0.1) is 6.58 Å². The van der Waals surface area contributed by atoms with E-state index in [0.29, 0.717) is 0 Å². The van der Waals surface area contributed by atoms with Gasteiger partial charge in [-0.1, -0.05) is 24.3 Å². The molecule has 0 nitrogen and oxygen atoms in total. The smallest absolute Gasteiger partial charge is 0.0136 e. The molecule has 74 valence electrons. The van der Waals surface area contributed by atoms with Crippen molar-refractivity contribution in [3.63, 3.8) is 0 Å². The summed E-state index contributed by atoms with van der Waals surface area (Å²) >= 11 is 2.34. The van der Waals surface area contributed by atoms with Crippen LogP contribution in [0.3, 0.4) is 0 Å². The lowest BCUT2D eigenvalue weighted by Gasteiger charge is -2.01. The van der Waals surface area contributed by atoms with Gasteiger partial charge in [0.25, 0.3) is 0 Å². The molecule has 0 unspecified atom stereocenters. The zero-order valence-corrected chi connectivity index (χ0v) is 10.6. The van der Waals surface area contributed by atoms with E-state index in [1.165, 1.54) is 14.7 Å². The Labute approximate surface area is 99.9 Å². The highest BCUT2D eigenvalue weighted by Crippen LogP contribution is 2.17. The molecule has 0 N–H and O–H groups in total. The molecule has 0 bridgehead atoms. The average molecular weight is 298 g/mol. The van der Waals surface area contributed by atoms with E-state index >= 15 is 0 Å². The highest BCUT2D eigenvalue weighted by atomic mass is 127. The van der Waals surface area contributed by atoms with E-state index in [1.807, 2.05) is 6.08 Å². The van der Waals surface area contributed by atoms with E-state index in [9.17, 15) is 0 Å². The quantitative estimate of drug-likeness (QED) is 0.431. The van der Waals surface area contributed by atoms with Crippen LogP contribution in [0.15, 0.2) is 43.0 Å². The molecular weight excluding hydrogens is 283 g/mol. The molecule has 14 heavy (non-hydrogen) atoms. The first-order valence-electron chi connectivity index (χ1n) is 4.77. The number of unbranched alkanes of at least 4 members (excludes halogenated alkanes) is 1. The molecule has 0 fully saturated rings. The van der Waals surface area contributed by atoms with Crippen LogP contribution in [0.5, 0.6) is 0 Å². The van der Waals surface area contributed by atoms with Crippen LogP contribution in [0.25, 0.3) is 5.57 Å². The van der Waals surface area contributed by atoms with Gasteiger partial charge >= 0.3 is 0 Å². The van der Waals surface area contributed by atoms with Gasteiger partial charge in [-0.25, -0.2) is 0 Å². The molecule has 0 radical (unpaired) electrons. The maximum absolute atomic E-state index is 3.71. The molecule has 0 aromatic heterocycles. The fourth-order valence-electron chi connectivity index (χ4n) is 1.27. The Morgan fingerprint density at radius 2 is 2.21 bits per heavy atom. The van der Waals surface area contributed by atoms with Crippen molar-refractivity contribution in [2.45, 2.75) is 19.8 Å². The second-order valence-corrected chi connectivity index (χ2v) is 4.51. The summed E-state index contributed by atoms with van der Waals surface area (Å²) in [4.78, 5) is 0. The third-order valence-corrected chi connectivity index (χ3v) is 2.77. The molecule has 0 spiro atoms. The van der Waals surface area contributed by atoms with Gasteiger partial charge in [0.15, 0.2) is 0 Å². The van der Waals surface area contributed by atoms with Crippen molar-refractivity contribution in [2.75, 3.05) is 0 Å². The Hall–Kier alpha value is -0.570. The number of hydrogen-bond donors (Lipinski definition) is 0. The number of rotatable bonds is 4. The lowest BCUT2D eigenvalue weighted by atomic mass is 10.1. The van der Waals surface area contributed by atoms with Crippen molar-refractivity contribution in [1.82, 2.24) is 0 Å². The molecule has 1 aromatic carbocycles. The largest absolute Gasteiger partial charge is 0.103 e. The van der Waals surface area contributed by atoms with E-state index < -0.39 is 0 Å². The molecule has 1 heteroatoms. The van der Waals surface area contributed by atoms with Crippen molar-refractivity contribution in [3.8, 4) is 0 Å². The summed E-state index contributed by atoms with van der Waals surface area (Å²) in [7, 11) is 0. The minimum absolute atomic E-state index is 1.06. The summed E-state index contributed by atoms with van der Waals surface area (Å²) in [6.45, 7) is 5.88. The molecule has 0 amide bonds. The lowest BCUT2D eigenvalue weighted by Crippen LogP contribution is -1.80. The maximum Gasteiger partial charge on any atom is 0.0136 e. The van der Waals surface area contributed by atoms with Crippen LogP contribution in [0.1, 0.15) is 25.3 Å². The number of halogens is 1. The SMILES string of the molecule is C=CCC/C=C(\C)c1cccc(I)c1. The van der Waals surface area contributed by atoms with Crippen molar-refractivity contribution in [3.05, 3.63) is 52.1 Å². The standard InChI is InChI=1S/C13H15I/c1-3-4-5-7-11(2)12-8-6-9-13(14)10-12/h3,6-10H,1,4-5H2,2H3/b11-7+. The Morgan fingerprint density at radius 1 is 1.43 bits per heavy atom. The number of benzene rings is 1. The van der Waals surface area contributed by atoms with Crippen LogP contribution in [0, 0.1) is 3.57 Å². The highest BCUT2D eigenvalue weighted by molar-refractivity contribution is 14.1. The van der Waals surface area contributed by atoms with Gasteiger partial charge in [0.1, 0.15) is 0 Å². The molecule has 1 aromatic rings. The fourth-order valence-corrected chi connectivity index (χ4v) is 1.81. The molecule has 0 heterocycles. The Bertz CT molecular complexity index is 337. The van der Waals surface area contributed by atoms with Gasteiger partial charge in [0.05, 0.1) is 0 Å². The summed E-state index contributed by atoms with van der Waals surface area (Å²) in [6.07, 6.45) is 6.37. The van der Waals surface area contributed by atoms with E-state index in [0.717, 1.165) is 12.8 Å². The minimum atomic E-state index is 1.06. The van der Waals surface area contributed by atoms with E-state index in [-0.39, 0.29) is 0 Å². The summed E-state index contributed by atoms with van der Waals surface area (Å²) in [6, 6.07) is 8.57. The first-order valence-corrected chi connectivity index (χ1v) is 5.85. The molecular formula is C13H15I. The summed E-state index contributed by atoms with van der Waals surface area (Å²) < 4.78 is 1.29. The van der Waals surface area contributed by atoms with E-state index in [1.54, 1.807) is 0 Å². The van der Waals surface area contributed by atoms with Gasteiger partial charge in [0, 0.05) is 3.57 Å². The van der Waals surface area contributed by atoms with E-state index in [4.69, 9.17) is 0 Å². The average Bonchev–Trinajstić information content (AvgIpc) is 2.18. The van der Waals surface area contributed by atoms with Gasteiger partial charge < -0.3 is 0 Å². The third kappa shape index (κ3) is 3.66. The monoisotopic (exact) mass is 298 g/mol. The summed E-state index contributed by atoms with van der Waals surface area (Å²) in [5.74, 6) is 0. The van der Waals surface area contributed by atoms with Crippen LogP contribution in [0.2, 0.25) is 0 Å². The normalized spacial score (nSPS) is 11.4. The Morgan fingerprint density at radius 3 is 2.86 bits per heavy atom. The van der Waals surface area contributed by atoms with Crippen LogP contribution in [-0.2, 0) is 0 Å². The second-order valence-electron chi connectivity index (χ2n) is 3.26. The minimum Gasteiger partial charge on any atom is -0.103 e. The van der Waals surface area contributed by atoms with Crippen LogP contribution in [0.4, 0.5) is 0 Å². The van der Waals surface area contributed by atoms with Crippen molar-refractivity contribution in [2.24, 2.45) is 0 Å². The topological polar surface area (TPSA) is 0 Å². The number of allylic oxidation sites excluding steroid dienone is 3. The first-order chi connectivity index (χ1) is 6.74. The number of hydrogen-bond acceptors (Lipinski definition) is 0. The summed E-state index contributed by atoms with van der Waals surface area (Å²) in [5.41, 5.74) is 2.67. The zero-order chi connectivity index (χ0) is 10.4. The lowest BCUT2D eigenvalue weighted by molar-refractivity contribution is 1.06. The van der Waals surface area contributed by atoms with E-state index in [2.05, 4.69) is 66.4 Å². The maximum atomic E-state index is 3.71. The van der Waals surface area contributed by atoms with Crippen LogP contribution in [-0.4, -0.2) is 0 Å². The van der Waals surface area contributed by atoms with Crippen molar-refractivity contribution >= 4 is 28.2 Å². The molecule has 0 aliphatic heterocycles. The molecule has 1 rings (SSSR count). The predicted octanol–water partition coefficient (Wildman–Crippen LogP) is 4.66. The molecule has 0 saturated carbocycles. The summed E-state index contributed by atoms with van der Waals surface area (Å²) in [5, 5.41) is 0. The predicted molar refractivity (Wildman–Crippen MR) is 72.2 cm³/mol. The second kappa shape index (κ2) is 6.02. The van der Waals surface area contributed by atoms with Crippen LogP contribution >= 0.6 is 22.6 Å². The van der Waals surface area contributed by atoms with Crippen molar-refractivity contribution < 1.29 is 0 Å². The van der Waals surface area contributed by atoms with Gasteiger partial charge in [-0.2, -0.15) is 0 Å². The Kier molecular flexibility index (Phi) is 4.94. The molecule has 0 aliphatic carbocycles. The third-order valence-electron chi connectivity index (χ3n) is 2.10. The first kappa shape index (κ1) is 11.5.